The van der Waals surface area contributed by atoms with E-state index in [0.717, 1.165) is 0 Å². The number of nitrogens with two attached hydrogens (primary N) is 2. The number of hydrogen-bond acceptors (Lipinski definition) is 10. The summed E-state index contributed by atoms with van der Waals surface area (Å²) >= 11 is 0. The lowest BCUT2D eigenvalue weighted by Gasteiger charge is -2.35. The molecule has 2 heterocycles. The van der Waals surface area contributed by atoms with Crippen LogP contribution in [0.3, 0.4) is 0 Å². The van der Waals surface area contributed by atoms with Gasteiger partial charge in [0.1, 0.15) is 42.3 Å². The number of amides is 8. The van der Waals surface area contributed by atoms with Crippen molar-refractivity contribution in [2.45, 2.75) is 155 Å². The number of benzene rings is 1. The second-order valence-electron chi connectivity index (χ2n) is 18.5. The number of nitrogens with zero attached hydrogens (tertiary/aromatic N) is 2. The van der Waals surface area contributed by atoms with Gasteiger partial charge in [-0.3, -0.25) is 38.4 Å². The van der Waals surface area contributed by atoms with Crippen LogP contribution in [-0.2, 0) is 49.6 Å². The molecule has 2 aliphatic heterocycles. The second-order valence-corrected chi connectivity index (χ2v) is 18.5. The first-order valence-corrected chi connectivity index (χ1v) is 22.5. The number of likely N-dealkylation sites (tertiary alicyclic amines) is 2. The molecule has 3 rings (SSSR count). The SMILES string of the molecule is CC(C)CC(NC(=O)C(Cc1ccccc1)NC(=O)C1CCCN1C(=O)C1CCCN1C(=O)C(NC(=O)C(NC(=O)C(N)C(C)C)C(C)C)C(C)C)C(=O)NC(CCC(N)=O)C(=O)O. The number of carbonyl (C=O) groups is 9. The summed E-state index contributed by atoms with van der Waals surface area (Å²) in [6.45, 7) is 14.8. The topological polar surface area (TPSA) is 293 Å². The van der Waals surface area contributed by atoms with Gasteiger partial charge in [0.2, 0.25) is 47.3 Å². The Labute approximate surface area is 376 Å². The van der Waals surface area contributed by atoms with Crippen molar-refractivity contribution >= 4 is 53.2 Å². The highest BCUT2D eigenvalue weighted by molar-refractivity contribution is 5.98. The molecule has 0 radical (unpaired) electrons. The van der Waals surface area contributed by atoms with Gasteiger partial charge in [0, 0.05) is 25.9 Å². The van der Waals surface area contributed by atoms with Gasteiger partial charge >= 0.3 is 5.97 Å². The summed E-state index contributed by atoms with van der Waals surface area (Å²) in [7, 11) is 0. The predicted molar refractivity (Wildman–Crippen MR) is 237 cm³/mol. The van der Waals surface area contributed by atoms with Gasteiger partial charge in [0.15, 0.2) is 0 Å². The average molecular weight is 898 g/mol. The maximum absolute atomic E-state index is 14.4. The lowest BCUT2D eigenvalue weighted by atomic mass is 9.98. The van der Waals surface area contributed by atoms with Crippen LogP contribution < -0.4 is 38.1 Å². The second kappa shape index (κ2) is 24.5. The Morgan fingerprint density at radius 2 is 1.20 bits per heavy atom. The first kappa shape index (κ1) is 52.8. The van der Waals surface area contributed by atoms with E-state index in [2.05, 4.69) is 26.6 Å². The average Bonchev–Trinajstić information content (AvgIpc) is 3.93. The molecule has 1 aromatic carbocycles. The van der Waals surface area contributed by atoms with Crippen molar-refractivity contribution in [3.63, 3.8) is 0 Å². The number of nitrogens with one attached hydrogen (secondary N) is 5. The Balaban J connectivity index is 1.82. The van der Waals surface area contributed by atoms with Crippen LogP contribution in [0.1, 0.15) is 106 Å². The van der Waals surface area contributed by atoms with E-state index in [0.29, 0.717) is 24.8 Å². The Bertz CT molecular complexity index is 1820. The quantitative estimate of drug-likeness (QED) is 0.0741. The van der Waals surface area contributed by atoms with E-state index in [1.54, 1.807) is 71.9 Å². The fraction of sp³-hybridized carbons (Fsp3) is 0.667. The zero-order valence-electron chi connectivity index (χ0n) is 38.6. The number of rotatable bonds is 23. The number of aliphatic carboxylic acids is 1. The molecule has 64 heavy (non-hydrogen) atoms. The predicted octanol–water partition coefficient (Wildman–Crippen LogP) is 0.327. The van der Waals surface area contributed by atoms with Crippen LogP contribution in [0.25, 0.3) is 0 Å². The fourth-order valence-corrected chi connectivity index (χ4v) is 7.92. The Morgan fingerprint density at radius 1 is 0.656 bits per heavy atom. The van der Waals surface area contributed by atoms with Crippen molar-refractivity contribution in [1.82, 2.24) is 36.4 Å². The molecule has 8 atom stereocenters. The number of primary amides is 1. The molecule has 1 aromatic rings. The van der Waals surface area contributed by atoms with Gasteiger partial charge in [-0.15, -0.1) is 0 Å². The lowest BCUT2D eigenvalue weighted by Crippen LogP contribution is -2.61. The third-order valence-corrected chi connectivity index (χ3v) is 11.7. The molecule has 2 fully saturated rings. The third-order valence-electron chi connectivity index (χ3n) is 11.7. The fourth-order valence-electron chi connectivity index (χ4n) is 7.92. The molecule has 356 valence electrons. The summed E-state index contributed by atoms with van der Waals surface area (Å²) in [4.78, 5) is 123. The van der Waals surface area contributed by atoms with Crippen LogP contribution in [-0.4, -0.2) is 130 Å². The van der Waals surface area contributed by atoms with Gasteiger partial charge in [0.25, 0.3) is 0 Å². The van der Waals surface area contributed by atoms with Crippen LogP contribution >= 0.6 is 0 Å². The largest absolute Gasteiger partial charge is 0.480 e. The van der Waals surface area contributed by atoms with Gasteiger partial charge in [-0.1, -0.05) is 85.7 Å². The van der Waals surface area contributed by atoms with E-state index in [4.69, 9.17) is 11.5 Å². The minimum atomic E-state index is -1.44. The van der Waals surface area contributed by atoms with Gasteiger partial charge < -0.3 is 53.0 Å². The van der Waals surface area contributed by atoms with E-state index in [9.17, 15) is 48.3 Å². The van der Waals surface area contributed by atoms with Crippen LogP contribution in [0.2, 0.25) is 0 Å². The monoisotopic (exact) mass is 898 g/mol. The van der Waals surface area contributed by atoms with E-state index in [1.807, 2.05) is 13.8 Å². The van der Waals surface area contributed by atoms with E-state index in [-0.39, 0.29) is 68.9 Å². The number of carboxylic acid groups (broad SMARTS) is 1. The maximum Gasteiger partial charge on any atom is 0.326 e. The summed E-state index contributed by atoms with van der Waals surface area (Å²) < 4.78 is 0. The highest BCUT2D eigenvalue weighted by atomic mass is 16.4. The van der Waals surface area contributed by atoms with E-state index in [1.165, 1.54) is 9.80 Å². The molecular weight excluding hydrogens is 827 g/mol. The minimum Gasteiger partial charge on any atom is -0.480 e. The Kier molecular flexibility index (Phi) is 20.2. The molecule has 0 saturated carbocycles. The first-order valence-electron chi connectivity index (χ1n) is 22.5. The zero-order valence-corrected chi connectivity index (χ0v) is 38.6. The van der Waals surface area contributed by atoms with Crippen molar-refractivity contribution in [2.75, 3.05) is 13.1 Å². The number of carbonyl (C=O) groups excluding carboxylic acids is 8. The summed E-state index contributed by atoms with van der Waals surface area (Å²) in [6.07, 6.45) is 1.20. The molecule has 0 aromatic heterocycles. The molecule has 2 saturated heterocycles. The Morgan fingerprint density at radius 3 is 1.75 bits per heavy atom. The summed E-state index contributed by atoms with van der Waals surface area (Å²) in [5, 5.41) is 23.2. The molecule has 10 N–H and O–H groups in total. The normalized spacial score (nSPS) is 19.1. The molecule has 8 unspecified atom stereocenters. The van der Waals surface area contributed by atoms with Gasteiger partial charge in [-0.25, -0.2) is 4.79 Å². The zero-order chi connectivity index (χ0) is 48.0. The van der Waals surface area contributed by atoms with Crippen molar-refractivity contribution in [3.05, 3.63) is 35.9 Å². The molecule has 0 aliphatic carbocycles. The van der Waals surface area contributed by atoms with Gasteiger partial charge in [-0.05, 0) is 67.8 Å². The molecule has 8 amide bonds. The van der Waals surface area contributed by atoms with Crippen LogP contribution in [0, 0.1) is 23.7 Å². The van der Waals surface area contributed by atoms with Crippen molar-refractivity contribution < 1.29 is 48.3 Å². The maximum atomic E-state index is 14.4. The van der Waals surface area contributed by atoms with Crippen LogP contribution in [0.4, 0.5) is 0 Å². The highest BCUT2D eigenvalue weighted by Crippen LogP contribution is 2.27. The highest BCUT2D eigenvalue weighted by Gasteiger charge is 2.45. The van der Waals surface area contributed by atoms with Crippen LogP contribution in [0.5, 0.6) is 0 Å². The van der Waals surface area contributed by atoms with Crippen LogP contribution in [0.15, 0.2) is 30.3 Å². The van der Waals surface area contributed by atoms with Crippen molar-refractivity contribution in [3.8, 4) is 0 Å². The summed E-state index contributed by atoms with van der Waals surface area (Å²) in [5.41, 5.74) is 11.9. The van der Waals surface area contributed by atoms with E-state index < -0.39 is 102 Å². The Hall–Kier alpha value is -5.59. The summed E-state index contributed by atoms with van der Waals surface area (Å²) in [5.74, 6) is -7.18. The van der Waals surface area contributed by atoms with E-state index >= 15 is 0 Å². The third kappa shape index (κ3) is 15.0. The van der Waals surface area contributed by atoms with Crippen molar-refractivity contribution in [2.24, 2.45) is 35.1 Å². The van der Waals surface area contributed by atoms with Crippen molar-refractivity contribution in [1.29, 1.82) is 0 Å². The molecular formula is C45H71N9O10. The number of hydrogen-bond donors (Lipinski definition) is 8. The smallest absolute Gasteiger partial charge is 0.326 e. The molecule has 19 nitrogen and oxygen atoms in total. The molecule has 0 bridgehead atoms. The van der Waals surface area contributed by atoms with Gasteiger partial charge in [-0.2, -0.15) is 0 Å². The first-order chi connectivity index (χ1) is 30.0. The molecule has 2 aliphatic rings. The van der Waals surface area contributed by atoms with Gasteiger partial charge in [0.05, 0.1) is 6.04 Å². The number of carboxylic acids is 1. The lowest BCUT2D eigenvalue weighted by molar-refractivity contribution is -0.148. The minimum absolute atomic E-state index is 0.0184. The molecule has 0 spiro atoms. The molecule has 19 heteroatoms. The standard InChI is InChI=1S/C45H71N9O10/c1-24(2)22-30(38(56)48-29(45(63)64)18-19-34(46)55)49-39(57)31(23-28-14-10-9-11-15-28)50-40(58)32-16-12-20-53(32)43(61)33-17-13-21-54(33)44(62)37(27(7)8)52-42(60)36(26(5)6)51-41(59)35(47)25(3)4/h9-11,14-15,24-27,29-33,35-37H,12-13,16-23,47H2,1-8H3,(H2,46,55)(H,48,56)(H,49,57)(H,50,58)(H,51,59)(H,52,60)(H,63,64). The summed E-state index contributed by atoms with van der Waals surface area (Å²) in [6, 6.07) is 0.269.